The molecule has 6 heteroatoms. The van der Waals surface area contributed by atoms with E-state index in [2.05, 4.69) is 5.32 Å². The Morgan fingerprint density at radius 3 is 2.52 bits per heavy atom. The normalized spacial score (nSPS) is 15.2. The Morgan fingerprint density at radius 2 is 1.84 bits per heavy atom. The van der Waals surface area contributed by atoms with Gasteiger partial charge in [0.2, 0.25) is 5.91 Å². The fourth-order valence-corrected chi connectivity index (χ4v) is 3.92. The van der Waals surface area contributed by atoms with Crippen molar-refractivity contribution < 1.29 is 18.7 Å². The molecule has 2 aromatic rings. The van der Waals surface area contributed by atoms with Gasteiger partial charge >= 0.3 is 0 Å². The van der Waals surface area contributed by atoms with Crippen molar-refractivity contribution in [2.75, 3.05) is 6.61 Å². The van der Waals surface area contributed by atoms with Gasteiger partial charge in [0.05, 0.1) is 0 Å². The molecule has 1 saturated carbocycles. The lowest BCUT2D eigenvalue weighted by Crippen LogP contribution is -2.51. The van der Waals surface area contributed by atoms with Crippen LogP contribution in [0.25, 0.3) is 0 Å². The van der Waals surface area contributed by atoms with Crippen LogP contribution in [0.2, 0.25) is 0 Å². The molecule has 0 bridgehead atoms. The maximum Gasteiger partial charge on any atom is 0.261 e. The molecule has 31 heavy (non-hydrogen) atoms. The first kappa shape index (κ1) is 22.8. The van der Waals surface area contributed by atoms with E-state index >= 15 is 0 Å². The summed E-state index contributed by atoms with van der Waals surface area (Å²) in [4.78, 5) is 27.5. The maximum atomic E-state index is 13.1. The zero-order chi connectivity index (χ0) is 22.2. The fourth-order valence-electron chi connectivity index (χ4n) is 3.92. The van der Waals surface area contributed by atoms with Gasteiger partial charge in [-0.2, -0.15) is 0 Å². The summed E-state index contributed by atoms with van der Waals surface area (Å²) in [6.45, 7) is 3.83. The van der Waals surface area contributed by atoms with Crippen LogP contribution in [0.3, 0.4) is 0 Å². The molecule has 166 valence electrons. The highest BCUT2D eigenvalue weighted by molar-refractivity contribution is 5.88. The van der Waals surface area contributed by atoms with Gasteiger partial charge in [0.1, 0.15) is 17.6 Å². The van der Waals surface area contributed by atoms with Gasteiger partial charge in [-0.15, -0.1) is 0 Å². The molecule has 0 aromatic heterocycles. The highest BCUT2D eigenvalue weighted by atomic mass is 19.1. The minimum atomic E-state index is -0.633. The number of carbonyl (C=O) groups is 2. The highest BCUT2D eigenvalue weighted by Gasteiger charge is 2.28. The molecular formula is C25H31FN2O3. The number of aryl methyl sites for hydroxylation is 1. The lowest BCUT2D eigenvalue weighted by atomic mass is 9.95. The number of rotatable bonds is 8. The standard InChI is InChI=1S/C25H31FN2O3/c1-18-7-6-8-20(15-18)16-28(19(2)25(30)27-22-9-4-3-5-10-22)24(29)17-31-23-13-11-21(26)12-14-23/h6-8,11-15,19,22H,3-5,9-10,16-17H2,1-2H3,(H,27,30)/t19-/m1/s1. The monoisotopic (exact) mass is 426 g/mol. The third-order valence-electron chi connectivity index (χ3n) is 5.73. The lowest BCUT2D eigenvalue weighted by Gasteiger charge is -2.31. The molecule has 5 nitrogen and oxygen atoms in total. The average molecular weight is 427 g/mol. The molecular weight excluding hydrogens is 395 g/mol. The summed E-state index contributed by atoms with van der Waals surface area (Å²) in [5, 5.41) is 3.12. The van der Waals surface area contributed by atoms with E-state index in [0.717, 1.165) is 36.8 Å². The van der Waals surface area contributed by atoms with E-state index in [9.17, 15) is 14.0 Å². The second-order valence-electron chi connectivity index (χ2n) is 8.27. The van der Waals surface area contributed by atoms with Crippen molar-refractivity contribution in [1.29, 1.82) is 0 Å². The van der Waals surface area contributed by atoms with Crippen LogP contribution in [-0.4, -0.2) is 35.4 Å². The fraction of sp³-hybridized carbons (Fsp3) is 0.440. The number of ether oxygens (including phenoxy) is 1. The number of nitrogens with zero attached hydrogens (tertiary/aromatic N) is 1. The average Bonchev–Trinajstić information content (AvgIpc) is 2.77. The number of benzene rings is 2. The van der Waals surface area contributed by atoms with E-state index in [1.165, 1.54) is 30.7 Å². The molecule has 0 saturated heterocycles. The van der Waals surface area contributed by atoms with Crippen molar-refractivity contribution in [1.82, 2.24) is 10.2 Å². The van der Waals surface area contributed by atoms with Gasteiger partial charge < -0.3 is 15.0 Å². The molecule has 0 radical (unpaired) electrons. The van der Waals surface area contributed by atoms with Crippen molar-refractivity contribution >= 4 is 11.8 Å². The number of hydrogen-bond donors (Lipinski definition) is 1. The summed E-state index contributed by atoms with van der Waals surface area (Å²) in [6, 6.07) is 12.9. The molecule has 1 aliphatic rings. The summed E-state index contributed by atoms with van der Waals surface area (Å²) >= 11 is 0. The highest BCUT2D eigenvalue weighted by Crippen LogP contribution is 2.19. The van der Waals surface area contributed by atoms with Crippen LogP contribution >= 0.6 is 0 Å². The van der Waals surface area contributed by atoms with E-state index in [1.54, 1.807) is 11.8 Å². The van der Waals surface area contributed by atoms with Gasteiger partial charge in [-0.1, -0.05) is 49.1 Å². The van der Waals surface area contributed by atoms with E-state index in [1.807, 2.05) is 31.2 Å². The molecule has 2 amide bonds. The van der Waals surface area contributed by atoms with Crippen molar-refractivity contribution in [2.24, 2.45) is 0 Å². The van der Waals surface area contributed by atoms with E-state index < -0.39 is 6.04 Å². The Labute approximate surface area is 183 Å². The molecule has 1 fully saturated rings. The Balaban J connectivity index is 1.70. The van der Waals surface area contributed by atoms with E-state index in [-0.39, 0.29) is 30.3 Å². The molecule has 3 rings (SSSR count). The Hall–Kier alpha value is -2.89. The first-order valence-corrected chi connectivity index (χ1v) is 11.0. The molecule has 2 aromatic carbocycles. The third-order valence-corrected chi connectivity index (χ3v) is 5.73. The number of hydrogen-bond acceptors (Lipinski definition) is 3. The summed E-state index contributed by atoms with van der Waals surface area (Å²) < 4.78 is 18.7. The van der Waals surface area contributed by atoms with E-state index in [4.69, 9.17) is 4.74 Å². The summed E-state index contributed by atoms with van der Waals surface area (Å²) in [7, 11) is 0. The predicted octanol–water partition coefficient (Wildman–Crippen LogP) is 4.38. The Morgan fingerprint density at radius 1 is 1.13 bits per heavy atom. The van der Waals surface area contributed by atoms with Gasteiger partial charge in [0.15, 0.2) is 6.61 Å². The number of amides is 2. The molecule has 1 atom stereocenters. The van der Waals surface area contributed by atoms with Crippen molar-refractivity contribution in [2.45, 2.75) is 64.6 Å². The van der Waals surface area contributed by atoms with Crippen molar-refractivity contribution in [3.8, 4) is 5.75 Å². The number of carbonyl (C=O) groups excluding carboxylic acids is 2. The van der Waals surface area contributed by atoms with Gasteiger partial charge in [-0.3, -0.25) is 9.59 Å². The topological polar surface area (TPSA) is 58.6 Å². The predicted molar refractivity (Wildman–Crippen MR) is 118 cm³/mol. The van der Waals surface area contributed by atoms with Gasteiger partial charge in [-0.05, 0) is 56.5 Å². The van der Waals surface area contributed by atoms with Crippen LogP contribution in [0.4, 0.5) is 4.39 Å². The second-order valence-corrected chi connectivity index (χ2v) is 8.27. The van der Waals surface area contributed by atoms with E-state index in [0.29, 0.717) is 12.3 Å². The molecule has 0 spiro atoms. The number of halogens is 1. The lowest BCUT2D eigenvalue weighted by molar-refractivity contribution is -0.142. The molecule has 1 N–H and O–H groups in total. The van der Waals surface area contributed by atoms with Crippen LogP contribution in [0.15, 0.2) is 48.5 Å². The Bertz CT molecular complexity index is 879. The second kappa shape index (κ2) is 10.9. The molecule has 1 aliphatic carbocycles. The van der Waals surface area contributed by atoms with Gasteiger partial charge in [-0.25, -0.2) is 4.39 Å². The minimum absolute atomic E-state index is 0.144. The van der Waals surface area contributed by atoms with Gasteiger partial charge in [0.25, 0.3) is 5.91 Å². The van der Waals surface area contributed by atoms with Gasteiger partial charge in [0, 0.05) is 12.6 Å². The summed E-state index contributed by atoms with van der Waals surface area (Å²) in [5.41, 5.74) is 2.04. The van der Waals surface area contributed by atoms with Crippen LogP contribution < -0.4 is 10.1 Å². The smallest absolute Gasteiger partial charge is 0.261 e. The number of nitrogens with one attached hydrogen (secondary N) is 1. The molecule has 0 unspecified atom stereocenters. The third kappa shape index (κ3) is 6.81. The van der Waals surface area contributed by atoms with Crippen LogP contribution in [-0.2, 0) is 16.1 Å². The van der Waals surface area contributed by atoms with Crippen molar-refractivity contribution in [3.63, 3.8) is 0 Å². The maximum absolute atomic E-state index is 13.1. The summed E-state index contributed by atoms with van der Waals surface area (Å²) in [6.07, 6.45) is 5.42. The first-order valence-electron chi connectivity index (χ1n) is 11.0. The zero-order valence-electron chi connectivity index (χ0n) is 18.3. The molecule has 0 heterocycles. The SMILES string of the molecule is Cc1cccc(CN(C(=O)COc2ccc(F)cc2)[C@H](C)C(=O)NC2CCCCC2)c1. The largest absolute Gasteiger partial charge is 0.484 e. The quantitative estimate of drug-likeness (QED) is 0.682. The Kier molecular flexibility index (Phi) is 8.04. The zero-order valence-corrected chi connectivity index (χ0v) is 18.3. The first-order chi connectivity index (χ1) is 14.9. The van der Waals surface area contributed by atoms with Crippen LogP contribution in [0, 0.1) is 12.7 Å². The molecule has 0 aliphatic heterocycles. The minimum Gasteiger partial charge on any atom is -0.484 e. The van der Waals surface area contributed by atoms with Crippen LogP contribution in [0.5, 0.6) is 5.75 Å². The summed E-state index contributed by atoms with van der Waals surface area (Å²) in [5.74, 6) is -0.399. The van der Waals surface area contributed by atoms with Crippen molar-refractivity contribution in [3.05, 3.63) is 65.5 Å². The van der Waals surface area contributed by atoms with Crippen LogP contribution in [0.1, 0.15) is 50.2 Å².